The molecule has 0 amide bonds. The molecule has 1 rings (SSSR count). The molecule has 82 valence electrons. The first-order chi connectivity index (χ1) is 6.86. The van der Waals surface area contributed by atoms with Gasteiger partial charge in [-0.1, -0.05) is 31.2 Å². The standard InChI is InChI=1S/C10H14ClNO2Si/c1-14-10(13)8-5-7(11)9(6-12-8)15(2,3)4/h5-6H,1-4H3. The number of halogens is 1. The third-order valence-corrected chi connectivity index (χ3v) is 4.54. The Morgan fingerprint density at radius 3 is 2.47 bits per heavy atom. The van der Waals surface area contributed by atoms with Crippen LogP contribution in [0.15, 0.2) is 12.3 Å². The van der Waals surface area contributed by atoms with Gasteiger partial charge in [0.25, 0.3) is 0 Å². The summed E-state index contributed by atoms with van der Waals surface area (Å²) in [6.07, 6.45) is 1.68. The number of hydrogen-bond donors (Lipinski definition) is 0. The molecule has 5 heteroatoms. The topological polar surface area (TPSA) is 39.2 Å². The van der Waals surface area contributed by atoms with Crippen molar-refractivity contribution < 1.29 is 9.53 Å². The Balaban J connectivity index is 3.15. The number of rotatable bonds is 2. The maximum absolute atomic E-state index is 11.2. The largest absolute Gasteiger partial charge is 0.464 e. The third-order valence-electron chi connectivity index (χ3n) is 2.06. The lowest BCUT2D eigenvalue weighted by molar-refractivity contribution is 0.0594. The van der Waals surface area contributed by atoms with E-state index in [1.54, 1.807) is 12.3 Å². The molecule has 3 nitrogen and oxygen atoms in total. The minimum Gasteiger partial charge on any atom is -0.464 e. The maximum atomic E-state index is 11.2. The first-order valence-corrected chi connectivity index (χ1v) is 8.48. The van der Waals surface area contributed by atoms with E-state index in [1.807, 2.05) is 0 Å². The van der Waals surface area contributed by atoms with E-state index in [2.05, 4.69) is 29.4 Å². The molecule has 0 aliphatic carbocycles. The highest BCUT2D eigenvalue weighted by Gasteiger charge is 2.21. The van der Waals surface area contributed by atoms with Crippen LogP contribution in [-0.4, -0.2) is 26.1 Å². The van der Waals surface area contributed by atoms with Gasteiger partial charge in [-0.3, -0.25) is 0 Å². The third kappa shape index (κ3) is 2.79. The van der Waals surface area contributed by atoms with Crippen LogP contribution >= 0.6 is 11.6 Å². The van der Waals surface area contributed by atoms with E-state index in [0.717, 1.165) is 5.19 Å². The average molecular weight is 244 g/mol. The molecule has 1 heterocycles. The van der Waals surface area contributed by atoms with Crippen molar-refractivity contribution in [2.45, 2.75) is 19.6 Å². The van der Waals surface area contributed by atoms with Gasteiger partial charge in [0.1, 0.15) is 5.69 Å². The number of carbonyl (C=O) groups excluding carboxylic acids is 1. The Morgan fingerprint density at radius 1 is 1.47 bits per heavy atom. The molecule has 0 N–H and O–H groups in total. The lowest BCUT2D eigenvalue weighted by Gasteiger charge is -2.17. The smallest absolute Gasteiger partial charge is 0.356 e. The van der Waals surface area contributed by atoms with Crippen LogP contribution in [0.25, 0.3) is 0 Å². The minimum absolute atomic E-state index is 0.254. The summed E-state index contributed by atoms with van der Waals surface area (Å²) < 4.78 is 4.57. The van der Waals surface area contributed by atoms with Crippen molar-refractivity contribution in [3.05, 3.63) is 23.0 Å². The second kappa shape index (κ2) is 4.33. The van der Waals surface area contributed by atoms with E-state index in [1.165, 1.54) is 7.11 Å². The van der Waals surface area contributed by atoms with Gasteiger partial charge in [0.15, 0.2) is 0 Å². The van der Waals surface area contributed by atoms with Crippen LogP contribution in [0, 0.1) is 0 Å². The van der Waals surface area contributed by atoms with Gasteiger partial charge in [0, 0.05) is 11.2 Å². The lowest BCUT2D eigenvalue weighted by atomic mass is 10.3. The van der Waals surface area contributed by atoms with Gasteiger partial charge in [-0.2, -0.15) is 0 Å². The fraction of sp³-hybridized carbons (Fsp3) is 0.400. The maximum Gasteiger partial charge on any atom is 0.356 e. The second-order valence-electron chi connectivity index (χ2n) is 4.29. The highest BCUT2D eigenvalue weighted by atomic mass is 35.5. The Bertz CT molecular complexity index is 387. The van der Waals surface area contributed by atoms with Gasteiger partial charge >= 0.3 is 5.97 Å². The molecule has 0 bridgehead atoms. The average Bonchev–Trinajstić information content (AvgIpc) is 2.14. The molecule has 0 saturated carbocycles. The van der Waals surface area contributed by atoms with Crippen LogP contribution in [-0.2, 0) is 4.74 Å². The Labute approximate surface area is 95.4 Å². The number of carbonyl (C=O) groups is 1. The molecule has 0 aliphatic rings. The second-order valence-corrected chi connectivity index (χ2v) is 9.74. The fourth-order valence-electron chi connectivity index (χ4n) is 1.20. The van der Waals surface area contributed by atoms with Crippen molar-refractivity contribution in [1.29, 1.82) is 0 Å². The Kier molecular flexibility index (Phi) is 3.52. The number of nitrogens with zero attached hydrogens (tertiary/aromatic N) is 1. The molecule has 0 spiro atoms. The van der Waals surface area contributed by atoms with Gasteiger partial charge in [0.2, 0.25) is 0 Å². The van der Waals surface area contributed by atoms with Crippen LogP contribution in [0.5, 0.6) is 0 Å². The summed E-state index contributed by atoms with van der Waals surface area (Å²) in [5, 5.41) is 1.65. The molecule has 0 aliphatic heterocycles. The molecule has 0 unspecified atom stereocenters. The molecular formula is C10H14ClNO2Si. The normalized spacial score (nSPS) is 11.3. The van der Waals surface area contributed by atoms with Crippen LogP contribution in [0.1, 0.15) is 10.5 Å². The lowest BCUT2D eigenvalue weighted by Crippen LogP contribution is -2.39. The summed E-state index contributed by atoms with van der Waals surface area (Å²) in [5.41, 5.74) is 0.254. The van der Waals surface area contributed by atoms with E-state index < -0.39 is 14.0 Å². The zero-order valence-electron chi connectivity index (χ0n) is 9.30. The van der Waals surface area contributed by atoms with E-state index in [-0.39, 0.29) is 5.69 Å². The summed E-state index contributed by atoms with van der Waals surface area (Å²) in [5.74, 6) is -0.459. The van der Waals surface area contributed by atoms with Gasteiger partial charge in [0.05, 0.1) is 15.2 Å². The molecule has 15 heavy (non-hydrogen) atoms. The van der Waals surface area contributed by atoms with E-state index in [0.29, 0.717) is 5.02 Å². The number of aromatic nitrogens is 1. The van der Waals surface area contributed by atoms with Gasteiger partial charge in [-0.15, -0.1) is 0 Å². The zero-order valence-corrected chi connectivity index (χ0v) is 11.1. The summed E-state index contributed by atoms with van der Waals surface area (Å²) in [6, 6.07) is 1.57. The van der Waals surface area contributed by atoms with Crippen molar-refractivity contribution in [2.75, 3.05) is 7.11 Å². The summed E-state index contributed by atoms with van der Waals surface area (Å²) in [7, 11) is -0.169. The van der Waals surface area contributed by atoms with Crippen molar-refractivity contribution >= 4 is 30.8 Å². The van der Waals surface area contributed by atoms with Crippen molar-refractivity contribution in [1.82, 2.24) is 4.98 Å². The van der Waals surface area contributed by atoms with E-state index in [9.17, 15) is 4.79 Å². The predicted molar refractivity (Wildman–Crippen MR) is 63.6 cm³/mol. The Morgan fingerprint density at radius 2 is 2.07 bits per heavy atom. The van der Waals surface area contributed by atoms with Gasteiger partial charge in [-0.05, 0) is 11.3 Å². The first kappa shape index (κ1) is 12.2. The number of pyridine rings is 1. The molecule has 0 fully saturated rings. The van der Waals surface area contributed by atoms with E-state index >= 15 is 0 Å². The molecule has 0 atom stereocenters. The Hall–Kier alpha value is -0.873. The number of methoxy groups -OCH3 is 1. The molecule has 1 aromatic rings. The van der Waals surface area contributed by atoms with Crippen molar-refractivity contribution in [3.63, 3.8) is 0 Å². The highest BCUT2D eigenvalue weighted by molar-refractivity contribution is 6.90. The number of esters is 1. The van der Waals surface area contributed by atoms with Crippen LogP contribution in [0.2, 0.25) is 24.7 Å². The SMILES string of the molecule is COC(=O)c1cc(Cl)c([Si](C)(C)C)cn1. The number of ether oxygens (including phenoxy) is 1. The zero-order chi connectivity index (χ0) is 11.6. The molecule has 0 aromatic carbocycles. The predicted octanol–water partition coefficient (Wildman–Crippen LogP) is 2.07. The molecule has 0 saturated heterocycles. The van der Waals surface area contributed by atoms with Gasteiger partial charge < -0.3 is 4.74 Å². The van der Waals surface area contributed by atoms with Gasteiger partial charge in [-0.25, -0.2) is 9.78 Å². The van der Waals surface area contributed by atoms with Crippen LogP contribution < -0.4 is 5.19 Å². The fourth-order valence-corrected chi connectivity index (χ4v) is 3.44. The van der Waals surface area contributed by atoms with Crippen molar-refractivity contribution in [2.24, 2.45) is 0 Å². The highest BCUT2D eigenvalue weighted by Crippen LogP contribution is 2.13. The molecular weight excluding hydrogens is 230 g/mol. The van der Waals surface area contributed by atoms with E-state index in [4.69, 9.17) is 11.6 Å². The van der Waals surface area contributed by atoms with Crippen LogP contribution in [0.3, 0.4) is 0 Å². The summed E-state index contributed by atoms with van der Waals surface area (Å²) in [4.78, 5) is 15.2. The summed E-state index contributed by atoms with van der Waals surface area (Å²) >= 11 is 6.10. The molecule has 0 radical (unpaired) electrons. The van der Waals surface area contributed by atoms with Crippen LogP contribution in [0.4, 0.5) is 0 Å². The molecule has 1 aromatic heterocycles. The number of hydrogen-bond acceptors (Lipinski definition) is 3. The monoisotopic (exact) mass is 243 g/mol. The first-order valence-electron chi connectivity index (χ1n) is 4.60. The summed E-state index contributed by atoms with van der Waals surface area (Å²) in [6.45, 7) is 6.52. The van der Waals surface area contributed by atoms with Crippen molar-refractivity contribution in [3.8, 4) is 0 Å². The minimum atomic E-state index is -1.49. The quantitative estimate of drug-likeness (QED) is 0.590.